The van der Waals surface area contributed by atoms with Crippen LogP contribution in [0, 0.1) is 5.92 Å². The molecule has 0 bridgehead atoms. The van der Waals surface area contributed by atoms with Crippen molar-refractivity contribution in [3.63, 3.8) is 0 Å². The molecule has 0 saturated heterocycles. The Hall–Kier alpha value is -3.27. The number of carbonyl (C=O) groups excluding carboxylic acids is 2. The third kappa shape index (κ3) is 5.37. The molecule has 2 heterocycles. The maximum absolute atomic E-state index is 13.5. The van der Waals surface area contributed by atoms with Crippen molar-refractivity contribution in [1.82, 2.24) is 15.2 Å². The Balaban J connectivity index is 1.65. The molecule has 4 rings (SSSR count). The van der Waals surface area contributed by atoms with Gasteiger partial charge in [-0.3, -0.25) is 9.59 Å². The summed E-state index contributed by atoms with van der Waals surface area (Å²) in [5.41, 5.74) is 2.21. The van der Waals surface area contributed by atoms with E-state index in [1.807, 2.05) is 38.4 Å². The highest BCUT2D eigenvalue weighted by Crippen LogP contribution is 2.35. The monoisotopic (exact) mass is 494 g/mol. The van der Waals surface area contributed by atoms with Crippen LogP contribution in [0.4, 0.5) is 5.69 Å². The predicted octanol–water partition coefficient (Wildman–Crippen LogP) is 3.50. The number of benzene rings is 2. The molecule has 0 unspecified atom stereocenters. The standard InChI is InChI=1S/C26H30N4O4S/c1-16-14-30(17(2)15-31)26(33)20-5-4-6-21(23(20)34-22(16)13-27-3)29-24(32)18-7-9-19(10-8-18)25-28-11-12-35-25/h4-12,16-17,22,27,31H,13-15H2,1-3H3,(H,29,32)/t16-,17-,22-/m1/s1. The first-order valence-corrected chi connectivity index (χ1v) is 12.5. The lowest BCUT2D eigenvalue weighted by Crippen LogP contribution is -2.49. The number of thiazole rings is 1. The Morgan fingerprint density at radius 1 is 1.29 bits per heavy atom. The summed E-state index contributed by atoms with van der Waals surface area (Å²) < 4.78 is 6.36. The van der Waals surface area contributed by atoms with Gasteiger partial charge in [-0.2, -0.15) is 0 Å². The van der Waals surface area contributed by atoms with Gasteiger partial charge in [0.2, 0.25) is 0 Å². The number of nitrogens with zero attached hydrogens (tertiary/aromatic N) is 2. The molecule has 0 radical (unpaired) electrons. The fourth-order valence-electron chi connectivity index (χ4n) is 4.11. The SMILES string of the molecule is CNC[C@H]1Oc2c(NC(=O)c3ccc(-c4nccs4)cc3)cccc2C(=O)N([C@H](C)CO)C[C@H]1C. The number of aliphatic hydroxyl groups excluding tert-OH is 1. The summed E-state index contributed by atoms with van der Waals surface area (Å²) in [7, 11) is 1.85. The van der Waals surface area contributed by atoms with Crippen molar-refractivity contribution >= 4 is 28.8 Å². The van der Waals surface area contributed by atoms with E-state index in [-0.39, 0.29) is 36.5 Å². The number of amides is 2. The Morgan fingerprint density at radius 2 is 2.06 bits per heavy atom. The molecule has 3 aromatic rings. The molecule has 2 aromatic carbocycles. The van der Waals surface area contributed by atoms with Gasteiger partial charge in [0.05, 0.1) is 23.9 Å². The Bertz CT molecular complexity index is 1170. The van der Waals surface area contributed by atoms with Crippen molar-refractivity contribution < 1.29 is 19.4 Å². The summed E-state index contributed by atoms with van der Waals surface area (Å²) >= 11 is 1.54. The normalized spacial score (nSPS) is 18.7. The highest BCUT2D eigenvalue weighted by atomic mass is 32.1. The average Bonchev–Trinajstić information content (AvgIpc) is 3.41. The summed E-state index contributed by atoms with van der Waals surface area (Å²) in [4.78, 5) is 32.5. The highest BCUT2D eigenvalue weighted by Gasteiger charge is 2.33. The molecular weight excluding hydrogens is 464 g/mol. The molecule has 1 aromatic heterocycles. The van der Waals surface area contributed by atoms with Gasteiger partial charge in [-0.05, 0) is 38.2 Å². The van der Waals surface area contributed by atoms with Crippen molar-refractivity contribution in [1.29, 1.82) is 0 Å². The minimum atomic E-state index is -0.347. The van der Waals surface area contributed by atoms with Crippen LogP contribution in [0.25, 0.3) is 10.6 Å². The van der Waals surface area contributed by atoms with Gasteiger partial charge < -0.3 is 25.4 Å². The smallest absolute Gasteiger partial charge is 0.258 e. The molecule has 184 valence electrons. The van der Waals surface area contributed by atoms with Gasteiger partial charge in [-0.25, -0.2) is 4.98 Å². The molecule has 0 saturated carbocycles. The fraction of sp³-hybridized carbons (Fsp3) is 0.346. The van der Waals surface area contributed by atoms with Gasteiger partial charge in [0.1, 0.15) is 11.1 Å². The maximum atomic E-state index is 13.5. The first-order valence-electron chi connectivity index (χ1n) is 11.6. The molecule has 1 aliphatic rings. The van der Waals surface area contributed by atoms with Gasteiger partial charge in [0.25, 0.3) is 11.8 Å². The van der Waals surface area contributed by atoms with E-state index >= 15 is 0 Å². The number of fused-ring (bicyclic) bond motifs is 1. The molecule has 9 heteroatoms. The summed E-state index contributed by atoms with van der Waals surface area (Å²) in [5.74, 6) is -0.205. The molecule has 0 aliphatic carbocycles. The van der Waals surface area contributed by atoms with Crippen LogP contribution in [-0.2, 0) is 0 Å². The van der Waals surface area contributed by atoms with Crippen LogP contribution in [-0.4, -0.2) is 65.7 Å². The van der Waals surface area contributed by atoms with Crippen LogP contribution in [0.15, 0.2) is 54.0 Å². The number of anilines is 1. The van der Waals surface area contributed by atoms with Gasteiger partial charge in [0.15, 0.2) is 5.75 Å². The third-order valence-corrected chi connectivity index (χ3v) is 6.99. The van der Waals surface area contributed by atoms with Crippen molar-refractivity contribution in [2.75, 3.05) is 32.1 Å². The molecule has 0 spiro atoms. The van der Waals surface area contributed by atoms with Crippen LogP contribution in [0.2, 0.25) is 0 Å². The fourth-order valence-corrected chi connectivity index (χ4v) is 4.76. The van der Waals surface area contributed by atoms with E-state index in [1.165, 1.54) is 11.3 Å². The number of aromatic nitrogens is 1. The van der Waals surface area contributed by atoms with Gasteiger partial charge in [0, 0.05) is 41.7 Å². The number of hydrogen-bond acceptors (Lipinski definition) is 7. The number of para-hydroxylation sites is 1. The van der Waals surface area contributed by atoms with E-state index in [0.29, 0.717) is 35.7 Å². The summed E-state index contributed by atoms with van der Waals surface area (Å²) in [6, 6.07) is 12.0. The number of likely N-dealkylation sites (N-methyl/N-ethyl adjacent to an activating group) is 1. The molecule has 2 amide bonds. The summed E-state index contributed by atoms with van der Waals surface area (Å²) in [6.45, 7) is 4.72. The largest absolute Gasteiger partial charge is 0.486 e. The van der Waals surface area contributed by atoms with Crippen molar-refractivity contribution in [2.45, 2.75) is 26.0 Å². The topological polar surface area (TPSA) is 104 Å². The number of hydrogen-bond donors (Lipinski definition) is 3. The quantitative estimate of drug-likeness (QED) is 0.465. The lowest BCUT2D eigenvalue weighted by molar-refractivity contribution is 0.0417. The van der Waals surface area contributed by atoms with Gasteiger partial charge in [-0.1, -0.05) is 25.1 Å². The lowest BCUT2D eigenvalue weighted by Gasteiger charge is -2.37. The highest BCUT2D eigenvalue weighted by molar-refractivity contribution is 7.13. The number of rotatable bonds is 7. The van der Waals surface area contributed by atoms with E-state index in [4.69, 9.17) is 4.74 Å². The number of carbonyl (C=O) groups is 2. The number of aliphatic hydroxyl groups is 1. The first kappa shape index (κ1) is 24.8. The Labute approximate surface area is 209 Å². The molecule has 35 heavy (non-hydrogen) atoms. The Morgan fingerprint density at radius 3 is 2.71 bits per heavy atom. The maximum Gasteiger partial charge on any atom is 0.258 e. The summed E-state index contributed by atoms with van der Waals surface area (Å²) in [6.07, 6.45) is 1.51. The Kier molecular flexibility index (Phi) is 7.80. The molecule has 8 nitrogen and oxygen atoms in total. The molecule has 1 aliphatic heterocycles. The zero-order valence-corrected chi connectivity index (χ0v) is 20.8. The van der Waals surface area contributed by atoms with Gasteiger partial charge in [-0.15, -0.1) is 11.3 Å². The van der Waals surface area contributed by atoms with Crippen LogP contribution in [0.3, 0.4) is 0 Å². The second kappa shape index (κ2) is 11.0. The third-order valence-electron chi connectivity index (χ3n) is 6.17. The van der Waals surface area contributed by atoms with Crippen LogP contribution in [0.1, 0.15) is 34.6 Å². The molecule has 3 atom stereocenters. The van der Waals surface area contributed by atoms with Crippen LogP contribution < -0.4 is 15.4 Å². The first-order chi connectivity index (χ1) is 16.9. The van der Waals surface area contributed by atoms with E-state index in [9.17, 15) is 14.7 Å². The summed E-state index contributed by atoms with van der Waals surface area (Å²) in [5, 5.41) is 18.6. The predicted molar refractivity (Wildman–Crippen MR) is 137 cm³/mol. The van der Waals surface area contributed by atoms with Crippen LogP contribution >= 0.6 is 11.3 Å². The zero-order valence-electron chi connectivity index (χ0n) is 20.0. The van der Waals surface area contributed by atoms with Crippen LogP contribution in [0.5, 0.6) is 5.75 Å². The minimum Gasteiger partial charge on any atom is -0.486 e. The number of ether oxygens (including phenoxy) is 1. The van der Waals surface area contributed by atoms with E-state index in [1.54, 1.807) is 41.4 Å². The van der Waals surface area contributed by atoms with Crippen molar-refractivity contribution in [3.8, 4) is 16.3 Å². The van der Waals surface area contributed by atoms with Crippen molar-refractivity contribution in [3.05, 3.63) is 65.2 Å². The second-order valence-corrected chi connectivity index (χ2v) is 9.63. The minimum absolute atomic E-state index is 0.00397. The van der Waals surface area contributed by atoms with E-state index in [0.717, 1.165) is 10.6 Å². The molecule has 3 N–H and O–H groups in total. The zero-order chi connectivity index (χ0) is 24.9. The number of nitrogens with one attached hydrogen (secondary N) is 2. The molecular formula is C26H30N4O4S. The molecule has 0 fully saturated rings. The average molecular weight is 495 g/mol. The van der Waals surface area contributed by atoms with Gasteiger partial charge >= 0.3 is 0 Å². The van der Waals surface area contributed by atoms with Crippen molar-refractivity contribution in [2.24, 2.45) is 5.92 Å². The van der Waals surface area contributed by atoms with E-state index in [2.05, 4.69) is 15.6 Å². The lowest BCUT2D eigenvalue weighted by atomic mass is 9.99. The second-order valence-electron chi connectivity index (χ2n) is 8.73. The van der Waals surface area contributed by atoms with E-state index < -0.39 is 0 Å².